The molecule has 0 unspecified atom stereocenters. The maximum atomic E-state index is 12.1. The van der Waals surface area contributed by atoms with Gasteiger partial charge in [-0.25, -0.2) is 0 Å². The van der Waals surface area contributed by atoms with Crippen molar-refractivity contribution in [3.63, 3.8) is 0 Å². The first-order valence-corrected chi connectivity index (χ1v) is 24.0. The molecule has 8 bridgehead atoms. The summed E-state index contributed by atoms with van der Waals surface area (Å²) in [5, 5.41) is 109. The van der Waals surface area contributed by atoms with Crippen molar-refractivity contribution >= 4 is 35.8 Å². The van der Waals surface area contributed by atoms with E-state index in [1.165, 1.54) is 55.4 Å². The monoisotopic (exact) mass is 1270 g/mol. The third kappa shape index (κ3) is 21.0. The molecule has 20 nitrogen and oxygen atoms in total. The standard InChI is InChI=1S/C52H64O16.2C2H4O2.2Rh/c1-49(2,45(57)58)25-65-21-29-9-33-17-35-11-30(22-66-26-50(3,4)46(59)60)13-37(42(35)54)19-39-15-32(24-68-28-52(7,8)48(63)64)16-40(44(39)56)20-38-14-31(23-67-27-51(5,6)47(61)62)12-36(43(38)55)18-34(10-29)41(33)53;2*1-2(3)4;;/h9-16,53-56H,17-28H2,1-8H3,(H,57,58)(H,59,60)(H,61,62)(H,63,64);2*1H3,(H,3,4);;/q;;;2*+2/p-4. The van der Waals surface area contributed by atoms with Gasteiger partial charge in [0.05, 0.1) is 63.7 Å². The van der Waals surface area contributed by atoms with Gasteiger partial charge in [0.15, 0.2) is 0 Å². The predicted octanol–water partition coefficient (Wildman–Crippen LogP) is 2.53. The fourth-order valence-corrected chi connectivity index (χ4v) is 7.50. The number of benzene rings is 4. The quantitative estimate of drug-likeness (QED) is 0.0610. The minimum absolute atomic E-state index is 0. The Labute approximate surface area is 478 Å². The molecule has 0 fully saturated rings. The number of hydrogen-bond acceptors (Lipinski definition) is 18. The van der Waals surface area contributed by atoms with Crippen molar-refractivity contribution in [3.8, 4) is 23.0 Å². The van der Waals surface area contributed by atoms with Crippen LogP contribution in [0.4, 0.5) is 0 Å². The van der Waals surface area contributed by atoms with E-state index in [0.29, 0.717) is 66.8 Å². The van der Waals surface area contributed by atoms with E-state index >= 15 is 0 Å². The van der Waals surface area contributed by atoms with Gasteiger partial charge >= 0.3 is 50.9 Å². The number of aromatic hydroxyl groups is 4. The average molecular weight is 1270 g/mol. The van der Waals surface area contributed by atoms with Crippen molar-refractivity contribution in [1.82, 2.24) is 0 Å². The zero-order valence-electron chi connectivity index (χ0n) is 45.2. The number of carbonyl (C=O) groups is 6. The summed E-state index contributed by atoms with van der Waals surface area (Å²) in [5.74, 6) is -7.55. The third-order valence-electron chi connectivity index (χ3n) is 12.0. The summed E-state index contributed by atoms with van der Waals surface area (Å²) in [7, 11) is 0. The van der Waals surface area contributed by atoms with Crippen LogP contribution in [0.5, 0.6) is 23.0 Å². The van der Waals surface area contributed by atoms with Crippen LogP contribution in [0.15, 0.2) is 48.5 Å². The summed E-state index contributed by atoms with van der Waals surface area (Å²) in [6, 6.07) is 13.3. The van der Waals surface area contributed by atoms with E-state index < -0.39 is 57.5 Å². The first kappa shape index (κ1) is 70.0. The fourth-order valence-electron chi connectivity index (χ4n) is 7.50. The second-order valence-electron chi connectivity index (χ2n) is 21.4. The molecule has 6 N–H and O–H groups in total. The molecule has 0 amide bonds. The molecule has 0 aliphatic heterocycles. The maximum Gasteiger partial charge on any atom is 2.00 e. The van der Waals surface area contributed by atoms with E-state index in [1.54, 1.807) is 48.5 Å². The van der Waals surface area contributed by atoms with Crippen molar-refractivity contribution in [1.29, 1.82) is 0 Å². The van der Waals surface area contributed by atoms with E-state index in [9.17, 15) is 60.0 Å². The Bertz CT molecular complexity index is 2320. The summed E-state index contributed by atoms with van der Waals surface area (Å²) in [5.41, 5.74) is -0.257. The van der Waals surface area contributed by atoms with Gasteiger partial charge in [-0.1, -0.05) is 27.7 Å². The van der Waals surface area contributed by atoms with Gasteiger partial charge in [0, 0.05) is 60.4 Å². The van der Waals surface area contributed by atoms with Gasteiger partial charge in [-0.15, -0.1) is 0 Å². The molecule has 1 aliphatic carbocycles. The first-order valence-electron chi connectivity index (χ1n) is 24.0. The topological polar surface area (TPSA) is 353 Å². The Balaban J connectivity index is 0.00000284. The van der Waals surface area contributed by atoms with Crippen molar-refractivity contribution in [2.75, 3.05) is 26.4 Å². The number of phenols is 4. The minimum Gasteiger partial charge on any atom is -0.550 e. The average Bonchev–Trinajstić information content (AvgIpc) is 3.28. The Kier molecular flexibility index (Phi) is 26.8. The van der Waals surface area contributed by atoms with Crippen LogP contribution in [0.3, 0.4) is 0 Å². The van der Waals surface area contributed by atoms with E-state index in [-0.39, 0.29) is 140 Å². The summed E-state index contributed by atoms with van der Waals surface area (Å²) in [6.45, 7) is 12.9. The Morgan fingerprint density at radius 1 is 0.385 bits per heavy atom. The zero-order chi connectivity index (χ0) is 57.7. The molecule has 22 heteroatoms. The second kappa shape index (κ2) is 29.8. The molecule has 430 valence electrons. The normalized spacial score (nSPS) is 12.2. The van der Waals surface area contributed by atoms with Crippen LogP contribution in [0.1, 0.15) is 136 Å². The van der Waals surface area contributed by atoms with Crippen LogP contribution in [0.25, 0.3) is 0 Å². The fraction of sp³-hybridized carbons (Fsp3) is 0.464. The van der Waals surface area contributed by atoms with E-state index in [4.69, 9.17) is 38.7 Å². The summed E-state index contributed by atoms with van der Waals surface area (Å²) in [6.07, 6.45) is -0.300. The summed E-state index contributed by atoms with van der Waals surface area (Å²) >= 11 is 0. The van der Waals surface area contributed by atoms with Gasteiger partial charge in [0.1, 0.15) is 23.0 Å². The molecule has 5 rings (SSSR count). The molecule has 0 atom stereocenters. The Morgan fingerprint density at radius 2 is 0.538 bits per heavy atom. The molecular weight excluding hydrogens is 1200 g/mol. The van der Waals surface area contributed by atoms with E-state index in [2.05, 4.69) is 0 Å². The number of hydrogen-bond donors (Lipinski definition) is 6. The van der Waals surface area contributed by atoms with Crippen LogP contribution in [-0.4, -0.2) is 92.9 Å². The van der Waals surface area contributed by atoms with Crippen molar-refractivity contribution in [3.05, 3.63) is 115 Å². The minimum atomic E-state index is -1.32. The van der Waals surface area contributed by atoms with Gasteiger partial charge in [-0.2, -0.15) is 0 Å². The van der Waals surface area contributed by atoms with Crippen LogP contribution >= 0.6 is 0 Å². The molecule has 4 aromatic carbocycles. The van der Waals surface area contributed by atoms with Crippen LogP contribution in [-0.2, 0) is 139 Å². The summed E-state index contributed by atoms with van der Waals surface area (Å²) < 4.78 is 23.5. The maximum absolute atomic E-state index is 12.1. The number of fused-ring (bicyclic) bond motifs is 8. The molecule has 0 heterocycles. The summed E-state index contributed by atoms with van der Waals surface area (Å²) in [4.78, 5) is 65.0. The molecule has 0 saturated carbocycles. The molecule has 4 aromatic rings. The van der Waals surface area contributed by atoms with Crippen LogP contribution in [0, 0.1) is 21.7 Å². The number of carboxylic acids is 6. The Hall–Kier alpha value is -6.01. The number of phenolic OH excluding ortho intramolecular Hbond substituents is 4. The van der Waals surface area contributed by atoms with Gasteiger partial charge in [-0.3, -0.25) is 9.59 Å². The van der Waals surface area contributed by atoms with Gasteiger partial charge < -0.3 is 89.2 Å². The number of carbonyl (C=O) groups excluding carboxylic acids is 4. The van der Waals surface area contributed by atoms with Gasteiger partial charge in [0.2, 0.25) is 0 Å². The van der Waals surface area contributed by atoms with Gasteiger partial charge in [-0.05, 0) is 157 Å². The number of ether oxygens (including phenoxy) is 4. The molecule has 1 aliphatic rings. The number of aliphatic carboxylic acids is 6. The molecule has 0 saturated heterocycles. The molecule has 0 aromatic heterocycles. The Morgan fingerprint density at radius 3 is 0.679 bits per heavy atom. The molecule has 78 heavy (non-hydrogen) atoms. The number of carboxylic acid groups (broad SMARTS) is 6. The predicted molar refractivity (Wildman–Crippen MR) is 264 cm³/mol. The molecule has 2 radical (unpaired) electrons. The zero-order valence-corrected chi connectivity index (χ0v) is 48.4. The molecule has 0 spiro atoms. The van der Waals surface area contributed by atoms with Crippen LogP contribution < -0.4 is 20.4 Å². The number of rotatable bonds is 20. The second-order valence-corrected chi connectivity index (χ2v) is 21.4. The smallest absolute Gasteiger partial charge is 0.550 e. The van der Waals surface area contributed by atoms with E-state index in [1.807, 2.05) is 0 Å². The van der Waals surface area contributed by atoms with Crippen molar-refractivity contribution < 1.29 is 138 Å². The molecular formula is C56H68O20Rh2. The van der Waals surface area contributed by atoms with Crippen molar-refractivity contribution in [2.24, 2.45) is 21.7 Å². The van der Waals surface area contributed by atoms with Crippen LogP contribution in [0.2, 0.25) is 0 Å². The SMILES string of the molecule is CC(=O)[O-].CC(=O)[O-].CC(C)(COCc1cc2c(O)c(c1)Cc1cc(COCC(C)(C)C(=O)O)cc(c1O)Cc1cc(COCC(C)(C)C(=O)[O-])cc(c1O)Cc1cc(COCC(C)(C)C(=O)O)cc(c1O)C2)C(=O)[O-].[Rh+2].[Rh+2]. The largest absolute Gasteiger partial charge is 2.00 e. The van der Waals surface area contributed by atoms with Crippen molar-refractivity contribution in [2.45, 2.75) is 121 Å². The van der Waals surface area contributed by atoms with E-state index in [0.717, 1.165) is 13.8 Å². The first-order chi connectivity index (χ1) is 35.1. The third-order valence-corrected chi connectivity index (χ3v) is 12.0. The van der Waals surface area contributed by atoms with Gasteiger partial charge in [0.25, 0.3) is 0 Å².